The molecule has 0 aromatic heterocycles. The van der Waals surface area contributed by atoms with Gasteiger partial charge in [-0.2, -0.15) is 0 Å². The van der Waals surface area contributed by atoms with Crippen LogP contribution in [-0.2, 0) is 19.2 Å². The number of aliphatic carboxylic acids is 4. The Bertz CT molecular complexity index is 328. The quantitative estimate of drug-likeness (QED) is 0.267. The van der Waals surface area contributed by atoms with Crippen LogP contribution in [0, 0.1) is 0 Å². The van der Waals surface area contributed by atoms with E-state index in [1.807, 2.05) is 0 Å². The molecule has 0 saturated carbocycles. The van der Waals surface area contributed by atoms with Gasteiger partial charge in [0.1, 0.15) is 0 Å². The zero-order valence-electron chi connectivity index (χ0n) is 15.0. The lowest BCUT2D eigenvalue weighted by Gasteiger charge is -1.95. The Balaban J connectivity index is -0.000000316. The molecular weight excluding hydrogens is 352 g/mol. The Kier molecular flexibility index (Phi) is 22.9. The van der Waals surface area contributed by atoms with Gasteiger partial charge in [-0.1, -0.05) is 0 Å². The molecule has 1 unspecified atom stereocenters. The van der Waals surface area contributed by atoms with E-state index in [9.17, 15) is 19.2 Å². The SMILES string of the molecule is CC(O)CCO.O=C(O)CCCCC(=O)O.O=C(O)CCCCC(=O)O. The van der Waals surface area contributed by atoms with E-state index >= 15 is 0 Å². The number of hydrogen-bond donors (Lipinski definition) is 6. The molecule has 1 atom stereocenters. The summed E-state index contributed by atoms with van der Waals surface area (Å²) in [6.45, 7) is 1.73. The van der Waals surface area contributed by atoms with E-state index in [4.69, 9.17) is 30.6 Å². The molecule has 154 valence electrons. The topological polar surface area (TPSA) is 190 Å². The molecule has 0 heterocycles. The summed E-state index contributed by atoms with van der Waals surface area (Å²) in [5, 5.41) is 49.0. The van der Waals surface area contributed by atoms with Crippen molar-refractivity contribution in [3.63, 3.8) is 0 Å². The van der Waals surface area contributed by atoms with Crippen molar-refractivity contribution in [3.05, 3.63) is 0 Å². The standard InChI is InChI=1S/2C6H10O4.C4H10O2/c2*7-5(8)3-1-2-4-6(9)10;1-4(6)2-3-5/h2*1-4H2,(H,7,8)(H,9,10);4-6H,2-3H2,1H3. The van der Waals surface area contributed by atoms with Crippen LogP contribution in [-0.4, -0.2) is 67.2 Å². The number of carboxylic acids is 4. The normalized spacial score (nSPS) is 10.4. The molecule has 10 nitrogen and oxygen atoms in total. The minimum atomic E-state index is -0.870. The minimum absolute atomic E-state index is 0.0628. The first-order chi connectivity index (χ1) is 12.0. The van der Waals surface area contributed by atoms with Crippen molar-refractivity contribution in [1.29, 1.82) is 0 Å². The second-order valence-electron chi connectivity index (χ2n) is 5.35. The molecule has 0 aromatic carbocycles. The second-order valence-corrected chi connectivity index (χ2v) is 5.35. The van der Waals surface area contributed by atoms with Crippen LogP contribution in [0.2, 0.25) is 0 Å². The molecule has 10 heteroatoms. The molecule has 0 amide bonds. The Morgan fingerprint density at radius 2 is 0.885 bits per heavy atom. The third kappa shape index (κ3) is 43.1. The first-order valence-corrected chi connectivity index (χ1v) is 8.19. The van der Waals surface area contributed by atoms with E-state index in [-0.39, 0.29) is 38.4 Å². The Hall–Kier alpha value is -2.20. The maximum Gasteiger partial charge on any atom is 0.303 e. The summed E-state index contributed by atoms with van der Waals surface area (Å²) in [6.07, 6.45) is 2.17. The lowest BCUT2D eigenvalue weighted by Crippen LogP contribution is -2.00. The van der Waals surface area contributed by atoms with Crippen LogP contribution < -0.4 is 0 Å². The lowest BCUT2D eigenvalue weighted by atomic mass is 10.2. The number of unbranched alkanes of at least 4 members (excludes halogenated alkanes) is 2. The average Bonchev–Trinajstić information content (AvgIpc) is 2.48. The molecule has 0 spiro atoms. The van der Waals surface area contributed by atoms with Crippen LogP contribution in [0.25, 0.3) is 0 Å². The molecule has 0 fully saturated rings. The predicted molar refractivity (Wildman–Crippen MR) is 90.9 cm³/mol. The van der Waals surface area contributed by atoms with Crippen molar-refractivity contribution in [2.75, 3.05) is 6.61 Å². The van der Waals surface area contributed by atoms with Gasteiger partial charge in [-0.05, 0) is 39.0 Å². The Morgan fingerprint density at radius 1 is 0.654 bits per heavy atom. The molecule has 0 aliphatic rings. The number of carboxylic acid groups (broad SMARTS) is 4. The molecule has 6 N–H and O–H groups in total. The first-order valence-electron chi connectivity index (χ1n) is 8.19. The van der Waals surface area contributed by atoms with Gasteiger partial charge in [0.2, 0.25) is 0 Å². The van der Waals surface area contributed by atoms with E-state index < -0.39 is 23.9 Å². The summed E-state index contributed by atoms with van der Waals surface area (Å²) in [7, 11) is 0. The molecule has 0 radical (unpaired) electrons. The van der Waals surface area contributed by atoms with Gasteiger partial charge in [-0.3, -0.25) is 19.2 Å². The average molecular weight is 382 g/mol. The van der Waals surface area contributed by atoms with Gasteiger partial charge in [0.25, 0.3) is 0 Å². The predicted octanol–water partition coefficient (Wildman–Crippen LogP) is 1.18. The highest BCUT2D eigenvalue weighted by molar-refractivity contribution is 5.68. The van der Waals surface area contributed by atoms with E-state index in [1.54, 1.807) is 6.92 Å². The number of hydrogen-bond acceptors (Lipinski definition) is 6. The summed E-state index contributed by atoms with van der Waals surface area (Å²) >= 11 is 0. The lowest BCUT2D eigenvalue weighted by molar-refractivity contribution is -0.139. The molecule has 0 aliphatic heterocycles. The van der Waals surface area contributed by atoms with Crippen molar-refractivity contribution in [3.8, 4) is 0 Å². The monoisotopic (exact) mass is 382 g/mol. The second kappa shape index (κ2) is 20.8. The van der Waals surface area contributed by atoms with E-state index in [2.05, 4.69) is 0 Å². The van der Waals surface area contributed by atoms with E-state index in [0.717, 1.165) is 0 Å². The van der Waals surface area contributed by atoms with Gasteiger partial charge >= 0.3 is 23.9 Å². The summed E-state index contributed by atoms with van der Waals surface area (Å²) in [4.78, 5) is 39.6. The summed E-state index contributed by atoms with van der Waals surface area (Å²) in [5.41, 5.74) is 0. The maximum absolute atomic E-state index is 9.90. The number of carbonyl (C=O) groups is 4. The van der Waals surface area contributed by atoms with Gasteiger partial charge < -0.3 is 30.6 Å². The highest BCUT2D eigenvalue weighted by Crippen LogP contribution is 1.99. The number of aliphatic hydroxyl groups excluding tert-OH is 2. The Labute approximate surface area is 152 Å². The fourth-order valence-corrected chi connectivity index (χ4v) is 1.29. The highest BCUT2D eigenvalue weighted by atomic mass is 16.4. The van der Waals surface area contributed by atoms with Gasteiger partial charge in [0.05, 0.1) is 6.10 Å². The van der Waals surface area contributed by atoms with E-state index in [1.165, 1.54) is 0 Å². The van der Waals surface area contributed by atoms with Crippen LogP contribution in [0.3, 0.4) is 0 Å². The van der Waals surface area contributed by atoms with E-state index in [0.29, 0.717) is 32.1 Å². The summed E-state index contributed by atoms with van der Waals surface area (Å²) < 4.78 is 0. The van der Waals surface area contributed by atoms with Crippen LogP contribution in [0.15, 0.2) is 0 Å². The van der Waals surface area contributed by atoms with Gasteiger partial charge in [-0.25, -0.2) is 0 Å². The molecule has 0 aliphatic carbocycles. The van der Waals surface area contributed by atoms with Gasteiger partial charge in [0.15, 0.2) is 0 Å². The summed E-state index contributed by atoms with van der Waals surface area (Å²) in [5.74, 6) is -3.48. The van der Waals surface area contributed by atoms with Gasteiger partial charge in [0, 0.05) is 32.3 Å². The van der Waals surface area contributed by atoms with Crippen molar-refractivity contribution in [2.24, 2.45) is 0 Å². The van der Waals surface area contributed by atoms with Crippen LogP contribution in [0.5, 0.6) is 0 Å². The fourth-order valence-electron chi connectivity index (χ4n) is 1.29. The molecule has 0 bridgehead atoms. The van der Waals surface area contributed by atoms with Crippen molar-refractivity contribution in [1.82, 2.24) is 0 Å². The minimum Gasteiger partial charge on any atom is -0.481 e. The zero-order valence-corrected chi connectivity index (χ0v) is 15.0. The van der Waals surface area contributed by atoms with Gasteiger partial charge in [-0.15, -0.1) is 0 Å². The van der Waals surface area contributed by atoms with Crippen LogP contribution in [0.4, 0.5) is 0 Å². The maximum atomic E-state index is 9.90. The smallest absolute Gasteiger partial charge is 0.303 e. The van der Waals surface area contributed by atoms with Crippen LogP contribution >= 0.6 is 0 Å². The Morgan fingerprint density at radius 3 is 0.962 bits per heavy atom. The number of aliphatic hydroxyl groups is 2. The van der Waals surface area contributed by atoms with Crippen molar-refractivity contribution < 1.29 is 49.8 Å². The molecule has 0 aromatic rings. The number of rotatable bonds is 12. The zero-order chi connectivity index (χ0) is 21.0. The largest absolute Gasteiger partial charge is 0.481 e. The molecule has 0 saturated heterocycles. The third-order valence-corrected chi connectivity index (χ3v) is 2.61. The summed E-state index contributed by atoms with van der Waals surface area (Å²) in [6, 6.07) is 0. The molecular formula is C16H30O10. The molecule has 0 rings (SSSR count). The fraction of sp³-hybridized carbons (Fsp3) is 0.750. The van der Waals surface area contributed by atoms with Crippen molar-refractivity contribution >= 4 is 23.9 Å². The van der Waals surface area contributed by atoms with Crippen LogP contribution in [0.1, 0.15) is 64.7 Å². The third-order valence-electron chi connectivity index (χ3n) is 2.61. The van der Waals surface area contributed by atoms with Crippen molar-refractivity contribution in [2.45, 2.75) is 70.8 Å². The first kappa shape index (κ1) is 28.6. The highest BCUT2D eigenvalue weighted by Gasteiger charge is 1.99. The molecule has 26 heavy (non-hydrogen) atoms.